The van der Waals surface area contributed by atoms with Crippen molar-refractivity contribution in [2.45, 2.75) is 40.7 Å². The number of carbonyl (C=O) groups excluding carboxylic acids is 1. The molecule has 0 bridgehead atoms. The van der Waals surface area contributed by atoms with Gasteiger partial charge in [0.2, 0.25) is 0 Å². The Morgan fingerprint density at radius 1 is 1.28 bits per heavy atom. The fourth-order valence-electron chi connectivity index (χ4n) is 1.59. The van der Waals surface area contributed by atoms with E-state index in [0.29, 0.717) is 24.1 Å². The molecule has 0 saturated heterocycles. The summed E-state index contributed by atoms with van der Waals surface area (Å²) < 4.78 is 0. The zero-order valence-electron chi connectivity index (χ0n) is 12.0. The minimum atomic E-state index is -0.0160. The normalized spacial score (nSPS) is 12.3. The van der Waals surface area contributed by atoms with E-state index in [1.807, 2.05) is 25.1 Å². The average molecular weight is 248 g/mol. The Morgan fingerprint density at radius 3 is 2.50 bits per heavy atom. The lowest BCUT2D eigenvalue weighted by molar-refractivity contribution is 0.0956. The predicted molar refractivity (Wildman–Crippen MR) is 77.1 cm³/mol. The Bertz CT molecular complexity index is 413. The Hall–Kier alpha value is -1.51. The van der Waals surface area contributed by atoms with Gasteiger partial charge in [0.05, 0.1) is 0 Å². The van der Waals surface area contributed by atoms with E-state index in [4.69, 9.17) is 0 Å². The number of aryl methyl sites for hydroxylation is 1. The molecule has 1 atom stereocenters. The smallest absolute Gasteiger partial charge is 0.251 e. The molecule has 1 rings (SSSR count). The minimum absolute atomic E-state index is 0.0160. The number of carbonyl (C=O) groups is 1. The zero-order chi connectivity index (χ0) is 13.7. The summed E-state index contributed by atoms with van der Waals surface area (Å²) >= 11 is 0. The van der Waals surface area contributed by atoms with Crippen LogP contribution in [0.2, 0.25) is 0 Å². The lowest BCUT2D eigenvalue weighted by Crippen LogP contribution is -2.24. The van der Waals surface area contributed by atoms with Crippen LogP contribution in [0.5, 0.6) is 0 Å². The first-order valence-corrected chi connectivity index (χ1v) is 6.61. The maximum atomic E-state index is 11.8. The molecular formula is C15H24N2O. The van der Waals surface area contributed by atoms with Crippen LogP contribution in [0.25, 0.3) is 0 Å². The van der Waals surface area contributed by atoms with E-state index < -0.39 is 0 Å². The number of benzene rings is 1. The van der Waals surface area contributed by atoms with Gasteiger partial charge in [-0.15, -0.1) is 0 Å². The lowest BCUT2D eigenvalue weighted by Gasteiger charge is -2.20. The van der Waals surface area contributed by atoms with Gasteiger partial charge in [0.25, 0.3) is 5.91 Å². The third-order valence-electron chi connectivity index (χ3n) is 3.22. The molecule has 100 valence electrons. The summed E-state index contributed by atoms with van der Waals surface area (Å²) in [6.45, 7) is 11.1. The monoisotopic (exact) mass is 248 g/mol. The summed E-state index contributed by atoms with van der Waals surface area (Å²) in [6.07, 6.45) is 0. The van der Waals surface area contributed by atoms with Crippen LogP contribution in [0.3, 0.4) is 0 Å². The van der Waals surface area contributed by atoms with Crippen LogP contribution >= 0.6 is 0 Å². The molecule has 3 heteroatoms. The second-order valence-electron chi connectivity index (χ2n) is 5.07. The molecule has 1 unspecified atom stereocenters. The minimum Gasteiger partial charge on any atom is -0.382 e. The summed E-state index contributed by atoms with van der Waals surface area (Å²) in [7, 11) is 0. The SMILES string of the molecule is CCNC(=O)c1ccc(C)c(NC(C)C(C)C)c1. The lowest BCUT2D eigenvalue weighted by atomic mass is 10.0. The first kappa shape index (κ1) is 14.6. The molecule has 0 aliphatic rings. The maximum absolute atomic E-state index is 11.8. The average Bonchev–Trinajstić information content (AvgIpc) is 2.31. The molecule has 0 heterocycles. The van der Waals surface area contributed by atoms with Crippen LogP contribution in [0.4, 0.5) is 5.69 Å². The van der Waals surface area contributed by atoms with Gasteiger partial charge in [-0.2, -0.15) is 0 Å². The third-order valence-corrected chi connectivity index (χ3v) is 3.22. The number of amides is 1. The molecule has 3 nitrogen and oxygen atoms in total. The van der Waals surface area contributed by atoms with Crippen molar-refractivity contribution in [1.29, 1.82) is 0 Å². The molecule has 0 aliphatic carbocycles. The van der Waals surface area contributed by atoms with Crippen molar-refractivity contribution in [1.82, 2.24) is 5.32 Å². The van der Waals surface area contributed by atoms with E-state index in [2.05, 4.69) is 38.3 Å². The Kier molecular flexibility index (Phi) is 5.20. The van der Waals surface area contributed by atoms with Crippen LogP contribution in [0.1, 0.15) is 43.6 Å². The van der Waals surface area contributed by atoms with Gasteiger partial charge in [0.1, 0.15) is 0 Å². The van der Waals surface area contributed by atoms with Gasteiger partial charge in [-0.1, -0.05) is 19.9 Å². The van der Waals surface area contributed by atoms with E-state index in [1.165, 1.54) is 0 Å². The molecular weight excluding hydrogens is 224 g/mol. The van der Waals surface area contributed by atoms with Gasteiger partial charge < -0.3 is 10.6 Å². The summed E-state index contributed by atoms with van der Waals surface area (Å²) in [6, 6.07) is 6.17. The second-order valence-corrected chi connectivity index (χ2v) is 5.07. The highest BCUT2D eigenvalue weighted by molar-refractivity contribution is 5.95. The molecule has 2 N–H and O–H groups in total. The van der Waals surface area contributed by atoms with E-state index in [-0.39, 0.29) is 5.91 Å². The fourth-order valence-corrected chi connectivity index (χ4v) is 1.59. The van der Waals surface area contributed by atoms with Crippen molar-refractivity contribution in [3.63, 3.8) is 0 Å². The number of nitrogens with one attached hydrogen (secondary N) is 2. The largest absolute Gasteiger partial charge is 0.382 e. The first-order chi connectivity index (χ1) is 8.45. The molecule has 0 aliphatic heterocycles. The molecule has 0 aromatic heterocycles. The number of hydrogen-bond donors (Lipinski definition) is 2. The predicted octanol–water partition coefficient (Wildman–Crippen LogP) is 3.20. The molecule has 1 aromatic carbocycles. The van der Waals surface area contributed by atoms with Crippen molar-refractivity contribution in [3.8, 4) is 0 Å². The van der Waals surface area contributed by atoms with Gasteiger partial charge in [-0.25, -0.2) is 0 Å². The van der Waals surface area contributed by atoms with E-state index in [9.17, 15) is 4.79 Å². The van der Waals surface area contributed by atoms with Crippen LogP contribution in [-0.4, -0.2) is 18.5 Å². The molecule has 0 radical (unpaired) electrons. The van der Waals surface area contributed by atoms with Crippen molar-refractivity contribution in [2.24, 2.45) is 5.92 Å². The summed E-state index contributed by atoms with van der Waals surface area (Å²) in [5.74, 6) is 0.537. The van der Waals surface area contributed by atoms with Gasteiger partial charge in [0.15, 0.2) is 0 Å². The molecule has 1 amide bonds. The highest BCUT2D eigenvalue weighted by Gasteiger charge is 2.11. The van der Waals surface area contributed by atoms with E-state index >= 15 is 0 Å². The van der Waals surface area contributed by atoms with Gasteiger partial charge >= 0.3 is 0 Å². The topological polar surface area (TPSA) is 41.1 Å². The highest BCUT2D eigenvalue weighted by Crippen LogP contribution is 2.19. The quantitative estimate of drug-likeness (QED) is 0.840. The van der Waals surface area contributed by atoms with Crippen LogP contribution in [0, 0.1) is 12.8 Å². The first-order valence-electron chi connectivity index (χ1n) is 6.61. The van der Waals surface area contributed by atoms with E-state index in [0.717, 1.165) is 11.3 Å². The molecule has 1 aromatic rings. The van der Waals surface area contributed by atoms with Gasteiger partial charge in [0, 0.05) is 23.8 Å². The Balaban J connectivity index is 2.91. The summed E-state index contributed by atoms with van der Waals surface area (Å²) in [5.41, 5.74) is 2.91. The Morgan fingerprint density at radius 2 is 1.94 bits per heavy atom. The molecule has 0 saturated carbocycles. The zero-order valence-corrected chi connectivity index (χ0v) is 12.0. The van der Waals surface area contributed by atoms with Crippen LogP contribution in [0.15, 0.2) is 18.2 Å². The second kappa shape index (κ2) is 6.43. The summed E-state index contributed by atoms with van der Waals surface area (Å²) in [5, 5.41) is 6.28. The van der Waals surface area contributed by atoms with Crippen molar-refractivity contribution < 1.29 is 4.79 Å². The van der Waals surface area contributed by atoms with E-state index in [1.54, 1.807) is 0 Å². The number of rotatable bonds is 5. The van der Waals surface area contributed by atoms with Gasteiger partial charge in [-0.05, 0) is 44.4 Å². The van der Waals surface area contributed by atoms with Crippen molar-refractivity contribution in [3.05, 3.63) is 29.3 Å². The number of hydrogen-bond acceptors (Lipinski definition) is 2. The van der Waals surface area contributed by atoms with Crippen molar-refractivity contribution >= 4 is 11.6 Å². The van der Waals surface area contributed by atoms with Crippen LogP contribution < -0.4 is 10.6 Å². The Labute approximate surface area is 110 Å². The standard InChI is InChI=1S/C15H24N2O/c1-6-16-15(18)13-8-7-11(4)14(9-13)17-12(5)10(2)3/h7-10,12,17H,6H2,1-5H3,(H,16,18). The van der Waals surface area contributed by atoms with Gasteiger partial charge in [-0.3, -0.25) is 4.79 Å². The molecule has 18 heavy (non-hydrogen) atoms. The maximum Gasteiger partial charge on any atom is 0.251 e. The fraction of sp³-hybridized carbons (Fsp3) is 0.533. The van der Waals surface area contributed by atoms with Crippen LogP contribution in [-0.2, 0) is 0 Å². The highest BCUT2D eigenvalue weighted by atomic mass is 16.1. The molecule has 0 fully saturated rings. The third kappa shape index (κ3) is 3.76. The number of anilines is 1. The summed E-state index contributed by atoms with van der Waals surface area (Å²) in [4.78, 5) is 11.8. The van der Waals surface area contributed by atoms with Crippen molar-refractivity contribution in [2.75, 3.05) is 11.9 Å². The molecule has 0 spiro atoms.